The number of nitrogens with one attached hydrogen (secondary N) is 2. The van der Waals surface area contributed by atoms with Crippen molar-refractivity contribution in [3.63, 3.8) is 0 Å². The molecule has 2 heterocycles. The fourth-order valence-corrected chi connectivity index (χ4v) is 6.02. The van der Waals surface area contributed by atoms with Gasteiger partial charge in [-0.1, -0.05) is 29.3 Å². The second-order valence-electron chi connectivity index (χ2n) is 8.95. The largest absolute Gasteiger partial charge is 0.377 e. The molecule has 2 saturated heterocycles. The van der Waals surface area contributed by atoms with Crippen LogP contribution in [0.1, 0.15) is 31.4 Å². The highest BCUT2D eigenvalue weighted by atomic mass is 35.5. The van der Waals surface area contributed by atoms with Crippen molar-refractivity contribution >= 4 is 50.3 Å². The fraction of sp³-hybridized carbons (Fsp3) is 0.458. The molecule has 2 aromatic carbocycles. The van der Waals surface area contributed by atoms with E-state index in [1.54, 1.807) is 18.2 Å². The van der Waals surface area contributed by atoms with Crippen LogP contribution in [0, 0.1) is 0 Å². The molecule has 2 atom stereocenters. The van der Waals surface area contributed by atoms with E-state index in [-0.39, 0.29) is 22.9 Å². The highest BCUT2D eigenvalue weighted by Crippen LogP contribution is 2.33. The van der Waals surface area contributed by atoms with Gasteiger partial charge in [0.2, 0.25) is 5.91 Å². The topological polar surface area (TPSA) is 81.8 Å². The van der Waals surface area contributed by atoms with Gasteiger partial charge in [0.25, 0.3) is 0 Å². The summed E-state index contributed by atoms with van der Waals surface area (Å²) in [5.74, 6) is 0.181. The number of sulfone groups is 1. The summed E-state index contributed by atoms with van der Waals surface area (Å²) in [4.78, 5) is 17.0. The Labute approximate surface area is 211 Å². The summed E-state index contributed by atoms with van der Waals surface area (Å²) in [6.07, 6.45) is 3.14. The van der Waals surface area contributed by atoms with Gasteiger partial charge in [-0.2, -0.15) is 0 Å². The maximum atomic E-state index is 12.7. The molecule has 0 aromatic heterocycles. The average Bonchev–Trinajstić information content (AvgIpc) is 3.33. The number of nitrogens with zero attached hydrogens (tertiary/aromatic N) is 2. The lowest BCUT2D eigenvalue weighted by atomic mass is 10.1. The second-order valence-corrected chi connectivity index (χ2v) is 11.8. The first-order valence-electron chi connectivity index (χ1n) is 11.5. The van der Waals surface area contributed by atoms with E-state index in [0.29, 0.717) is 41.9 Å². The number of rotatable bonds is 6. The van der Waals surface area contributed by atoms with Gasteiger partial charge in [0.1, 0.15) is 0 Å². The van der Waals surface area contributed by atoms with E-state index in [2.05, 4.69) is 15.5 Å². The summed E-state index contributed by atoms with van der Waals surface area (Å²) in [6, 6.07) is 10.3. The molecule has 2 aliphatic heterocycles. The number of halogens is 2. The molecule has 2 aliphatic rings. The van der Waals surface area contributed by atoms with Gasteiger partial charge in [-0.05, 0) is 62.2 Å². The SMILES string of the molecule is CC(Nc1cc(N2CCN(C(=O)C3CCCN3)CC2)ccc1S(C)(=O)=O)c1ccc(Cl)cc1Cl. The Kier molecular flexibility index (Phi) is 7.62. The number of carbonyl (C=O) groups is 1. The third kappa shape index (κ3) is 5.62. The first-order valence-corrected chi connectivity index (χ1v) is 14.1. The molecular weight excluding hydrogens is 495 g/mol. The highest BCUT2D eigenvalue weighted by Gasteiger charge is 2.29. The zero-order valence-electron chi connectivity index (χ0n) is 19.4. The molecule has 10 heteroatoms. The number of carbonyl (C=O) groups excluding carboxylic acids is 1. The van der Waals surface area contributed by atoms with Crippen LogP contribution in [0.4, 0.5) is 11.4 Å². The number of hydrogen-bond donors (Lipinski definition) is 2. The Morgan fingerprint density at radius 2 is 1.85 bits per heavy atom. The Bertz CT molecular complexity index is 1160. The van der Waals surface area contributed by atoms with Crippen molar-refractivity contribution in [1.29, 1.82) is 0 Å². The normalized spacial score (nSPS) is 19.8. The minimum Gasteiger partial charge on any atom is -0.377 e. The first kappa shape index (κ1) is 25.1. The lowest BCUT2D eigenvalue weighted by Crippen LogP contribution is -2.53. The van der Waals surface area contributed by atoms with Crippen LogP contribution in [0.3, 0.4) is 0 Å². The number of piperazine rings is 1. The van der Waals surface area contributed by atoms with Gasteiger partial charge in [0.05, 0.1) is 22.7 Å². The van der Waals surface area contributed by atoms with Crippen molar-refractivity contribution in [1.82, 2.24) is 10.2 Å². The molecule has 2 aromatic rings. The van der Waals surface area contributed by atoms with E-state index in [4.69, 9.17) is 23.2 Å². The van der Waals surface area contributed by atoms with Crippen molar-refractivity contribution < 1.29 is 13.2 Å². The molecule has 0 spiro atoms. The van der Waals surface area contributed by atoms with E-state index in [9.17, 15) is 13.2 Å². The molecule has 34 heavy (non-hydrogen) atoms. The van der Waals surface area contributed by atoms with E-state index < -0.39 is 9.84 Å². The zero-order valence-corrected chi connectivity index (χ0v) is 21.7. The minimum absolute atomic E-state index is 0.0578. The average molecular weight is 526 g/mol. The van der Waals surface area contributed by atoms with E-state index in [1.807, 2.05) is 30.0 Å². The third-order valence-corrected chi connectivity index (χ3v) is 8.20. The number of amides is 1. The number of benzene rings is 2. The summed E-state index contributed by atoms with van der Waals surface area (Å²) in [5.41, 5.74) is 2.26. The van der Waals surface area contributed by atoms with E-state index >= 15 is 0 Å². The molecule has 0 bridgehead atoms. The second kappa shape index (κ2) is 10.3. The monoisotopic (exact) mass is 524 g/mol. The summed E-state index contributed by atoms with van der Waals surface area (Å²) in [7, 11) is -3.45. The highest BCUT2D eigenvalue weighted by molar-refractivity contribution is 7.90. The van der Waals surface area contributed by atoms with Crippen LogP contribution in [0.15, 0.2) is 41.3 Å². The van der Waals surface area contributed by atoms with Crippen molar-refractivity contribution in [2.75, 3.05) is 49.2 Å². The Morgan fingerprint density at radius 3 is 2.47 bits per heavy atom. The fourth-order valence-electron chi connectivity index (χ4n) is 4.62. The Balaban J connectivity index is 1.52. The number of hydrogen-bond acceptors (Lipinski definition) is 6. The zero-order chi connectivity index (χ0) is 24.5. The maximum absolute atomic E-state index is 12.7. The predicted molar refractivity (Wildman–Crippen MR) is 138 cm³/mol. The van der Waals surface area contributed by atoms with Gasteiger partial charge in [-0.25, -0.2) is 8.42 Å². The molecule has 4 rings (SSSR count). The molecule has 2 fully saturated rings. The summed E-state index contributed by atoms with van der Waals surface area (Å²) >= 11 is 12.4. The third-order valence-electron chi connectivity index (χ3n) is 6.48. The lowest BCUT2D eigenvalue weighted by molar-refractivity contribution is -0.133. The van der Waals surface area contributed by atoms with Crippen molar-refractivity contribution in [2.24, 2.45) is 0 Å². The molecule has 1 amide bonds. The summed E-state index contributed by atoms with van der Waals surface area (Å²) < 4.78 is 24.9. The molecule has 7 nitrogen and oxygen atoms in total. The standard InChI is InChI=1S/C24H30Cl2N4O3S/c1-16(19-7-5-17(25)14-20(19)26)28-22-15-18(6-8-23(22)34(2,32)33)29-10-12-30(13-11-29)24(31)21-4-3-9-27-21/h5-8,14-16,21,27-28H,3-4,9-13H2,1-2H3. The number of anilines is 2. The lowest BCUT2D eigenvalue weighted by Gasteiger charge is -2.37. The first-order chi connectivity index (χ1) is 16.1. The van der Waals surface area contributed by atoms with Crippen molar-refractivity contribution in [2.45, 2.75) is 36.7 Å². The van der Waals surface area contributed by atoms with Crippen LogP contribution in [0.5, 0.6) is 0 Å². The van der Waals surface area contributed by atoms with Gasteiger partial charge in [0.15, 0.2) is 9.84 Å². The van der Waals surface area contributed by atoms with Gasteiger partial charge < -0.3 is 20.4 Å². The summed E-state index contributed by atoms with van der Waals surface area (Å²) in [6.45, 7) is 5.49. The summed E-state index contributed by atoms with van der Waals surface area (Å²) in [5, 5.41) is 7.67. The van der Waals surface area contributed by atoms with Gasteiger partial charge >= 0.3 is 0 Å². The maximum Gasteiger partial charge on any atom is 0.239 e. The molecule has 0 saturated carbocycles. The van der Waals surface area contributed by atoms with Crippen LogP contribution in [0.25, 0.3) is 0 Å². The molecular formula is C24H30Cl2N4O3S. The smallest absolute Gasteiger partial charge is 0.239 e. The predicted octanol–water partition coefficient (Wildman–Crippen LogP) is 3.97. The van der Waals surface area contributed by atoms with Crippen LogP contribution >= 0.6 is 23.2 Å². The Hall–Kier alpha value is -2.00. The van der Waals surface area contributed by atoms with Crippen LogP contribution < -0.4 is 15.5 Å². The Morgan fingerprint density at radius 1 is 1.12 bits per heavy atom. The molecule has 0 aliphatic carbocycles. The molecule has 2 N–H and O–H groups in total. The van der Waals surface area contributed by atoms with Crippen molar-refractivity contribution in [3.8, 4) is 0 Å². The van der Waals surface area contributed by atoms with Crippen LogP contribution in [-0.2, 0) is 14.6 Å². The van der Waals surface area contributed by atoms with Gasteiger partial charge in [0, 0.05) is 48.2 Å². The van der Waals surface area contributed by atoms with Crippen molar-refractivity contribution in [3.05, 3.63) is 52.0 Å². The van der Waals surface area contributed by atoms with Gasteiger partial charge in [-0.15, -0.1) is 0 Å². The van der Waals surface area contributed by atoms with Gasteiger partial charge in [-0.3, -0.25) is 4.79 Å². The van der Waals surface area contributed by atoms with E-state index in [1.165, 1.54) is 6.26 Å². The minimum atomic E-state index is -3.45. The van der Waals surface area contributed by atoms with E-state index in [0.717, 1.165) is 30.6 Å². The van der Waals surface area contributed by atoms with Crippen LogP contribution in [-0.4, -0.2) is 64.2 Å². The van der Waals surface area contributed by atoms with Crippen LogP contribution in [0.2, 0.25) is 10.0 Å². The quantitative estimate of drug-likeness (QED) is 0.594. The molecule has 184 valence electrons. The molecule has 2 unspecified atom stereocenters. The molecule has 0 radical (unpaired) electrons.